The van der Waals surface area contributed by atoms with Crippen LogP contribution in [0.2, 0.25) is 0 Å². The second-order valence-corrected chi connectivity index (χ2v) is 6.24. The number of hydrogen-bond donors (Lipinski definition) is 2. The molecule has 1 saturated carbocycles. The molecule has 1 atom stereocenters. The number of primary sulfonamides is 1. The summed E-state index contributed by atoms with van der Waals surface area (Å²) >= 11 is 0. The summed E-state index contributed by atoms with van der Waals surface area (Å²) in [6.45, 7) is 1.49. The third-order valence-electron chi connectivity index (χ3n) is 2.83. The van der Waals surface area contributed by atoms with E-state index in [4.69, 9.17) is 9.88 Å². The average Bonchev–Trinajstić information content (AvgIpc) is 3.14. The summed E-state index contributed by atoms with van der Waals surface area (Å²) in [5.41, 5.74) is 0. The minimum Gasteiger partial charge on any atom is -0.478 e. The maximum atomic E-state index is 13.7. The Morgan fingerprint density at radius 1 is 1.50 bits per heavy atom. The van der Waals surface area contributed by atoms with Crippen LogP contribution in [-0.2, 0) is 14.8 Å². The number of ether oxygens (including phenoxy) is 1. The van der Waals surface area contributed by atoms with Crippen LogP contribution >= 0.6 is 0 Å². The Morgan fingerprint density at radius 2 is 2.15 bits per heavy atom. The minimum absolute atomic E-state index is 0.183. The van der Waals surface area contributed by atoms with E-state index in [1.54, 1.807) is 0 Å². The van der Waals surface area contributed by atoms with E-state index in [0.717, 1.165) is 31.0 Å². The molecule has 6 nitrogen and oxygen atoms in total. The lowest BCUT2D eigenvalue weighted by Gasteiger charge is -2.15. The van der Waals surface area contributed by atoms with E-state index in [1.807, 2.05) is 0 Å². The molecule has 3 N–H and O–H groups in total. The predicted molar refractivity (Wildman–Crippen MR) is 69.0 cm³/mol. The highest BCUT2D eigenvalue weighted by atomic mass is 32.2. The predicted octanol–water partition coefficient (Wildman–Crippen LogP) is 0.519. The molecule has 1 unspecified atom stereocenters. The normalized spacial score (nSPS) is 16.6. The van der Waals surface area contributed by atoms with Gasteiger partial charge in [0.25, 0.3) is 5.91 Å². The van der Waals surface area contributed by atoms with E-state index in [-0.39, 0.29) is 22.6 Å². The first-order valence-corrected chi connectivity index (χ1v) is 7.61. The fourth-order valence-corrected chi connectivity index (χ4v) is 2.07. The highest BCUT2D eigenvalue weighted by Gasteiger charge is 2.26. The number of carbonyl (C=O) groups excluding carboxylic acids is 1. The van der Waals surface area contributed by atoms with E-state index < -0.39 is 21.9 Å². The van der Waals surface area contributed by atoms with Crippen LogP contribution in [0.1, 0.15) is 19.8 Å². The molecule has 110 valence electrons. The van der Waals surface area contributed by atoms with Gasteiger partial charge < -0.3 is 10.1 Å². The summed E-state index contributed by atoms with van der Waals surface area (Å²) < 4.78 is 41.0. The van der Waals surface area contributed by atoms with Crippen LogP contribution in [0.15, 0.2) is 23.1 Å². The number of nitrogens with two attached hydrogens (primary N) is 1. The zero-order valence-electron chi connectivity index (χ0n) is 10.8. The van der Waals surface area contributed by atoms with Crippen molar-refractivity contribution in [1.29, 1.82) is 0 Å². The van der Waals surface area contributed by atoms with Crippen molar-refractivity contribution in [3.63, 3.8) is 0 Å². The van der Waals surface area contributed by atoms with Crippen LogP contribution in [0.4, 0.5) is 4.39 Å². The Hall–Kier alpha value is -1.67. The Kier molecular flexibility index (Phi) is 3.96. The van der Waals surface area contributed by atoms with Crippen molar-refractivity contribution in [3.8, 4) is 5.75 Å². The first kappa shape index (κ1) is 14.7. The fourth-order valence-electron chi connectivity index (χ4n) is 1.54. The summed E-state index contributed by atoms with van der Waals surface area (Å²) in [4.78, 5) is 11.3. The number of nitrogens with one attached hydrogen (secondary N) is 1. The highest BCUT2D eigenvalue weighted by Crippen LogP contribution is 2.22. The zero-order valence-corrected chi connectivity index (χ0v) is 11.6. The Labute approximate surface area is 116 Å². The van der Waals surface area contributed by atoms with E-state index in [0.29, 0.717) is 0 Å². The van der Waals surface area contributed by atoms with E-state index in [9.17, 15) is 17.6 Å². The summed E-state index contributed by atoms with van der Waals surface area (Å²) in [5.74, 6) is -1.42. The molecule has 20 heavy (non-hydrogen) atoms. The van der Waals surface area contributed by atoms with Crippen LogP contribution in [-0.4, -0.2) is 26.5 Å². The number of sulfonamides is 1. The van der Waals surface area contributed by atoms with Crippen LogP contribution in [0, 0.1) is 5.82 Å². The van der Waals surface area contributed by atoms with Crippen LogP contribution in [0.5, 0.6) is 5.75 Å². The van der Waals surface area contributed by atoms with Crippen LogP contribution < -0.4 is 15.2 Å². The molecule has 2 rings (SSSR count). The molecule has 1 fully saturated rings. The molecule has 0 saturated heterocycles. The molecule has 1 aliphatic carbocycles. The first-order chi connectivity index (χ1) is 9.27. The molecule has 1 aromatic carbocycles. The molecule has 0 aliphatic heterocycles. The quantitative estimate of drug-likeness (QED) is 0.828. The number of hydrogen-bond acceptors (Lipinski definition) is 4. The van der Waals surface area contributed by atoms with Gasteiger partial charge in [0.2, 0.25) is 10.0 Å². The maximum absolute atomic E-state index is 13.7. The van der Waals surface area contributed by atoms with Crippen molar-refractivity contribution in [2.75, 3.05) is 0 Å². The minimum atomic E-state index is -3.97. The maximum Gasteiger partial charge on any atom is 0.260 e. The van der Waals surface area contributed by atoms with Gasteiger partial charge in [0.05, 0.1) is 4.90 Å². The smallest absolute Gasteiger partial charge is 0.260 e. The number of amides is 1. The topological polar surface area (TPSA) is 98.5 Å². The standard InChI is InChI=1S/C12H15FN2O4S/c1-7(12(16)15-8-2-3-8)19-11-5-4-9(6-10(11)13)20(14,17)18/h4-8H,2-3H2,1H3,(H,15,16)(H2,14,17,18). The van der Waals surface area contributed by atoms with Crippen LogP contribution in [0.25, 0.3) is 0 Å². The summed E-state index contributed by atoms with van der Waals surface area (Å²) in [5, 5.41) is 7.61. The van der Waals surface area contributed by atoms with Crippen LogP contribution in [0.3, 0.4) is 0 Å². The van der Waals surface area contributed by atoms with Crippen molar-refractivity contribution < 1.29 is 22.3 Å². The van der Waals surface area contributed by atoms with Gasteiger partial charge in [-0.2, -0.15) is 0 Å². The Bertz CT molecular complexity index is 628. The second-order valence-electron chi connectivity index (χ2n) is 4.68. The molecule has 8 heteroatoms. The van der Waals surface area contributed by atoms with E-state index >= 15 is 0 Å². The van der Waals surface area contributed by atoms with Gasteiger partial charge in [-0.05, 0) is 38.0 Å². The van der Waals surface area contributed by atoms with Gasteiger partial charge >= 0.3 is 0 Å². The second kappa shape index (κ2) is 5.37. The molecule has 1 aliphatic rings. The SMILES string of the molecule is CC(Oc1ccc(S(N)(=O)=O)cc1F)C(=O)NC1CC1. The van der Waals surface area contributed by atoms with E-state index in [2.05, 4.69) is 5.32 Å². The monoisotopic (exact) mass is 302 g/mol. The van der Waals surface area contributed by atoms with Gasteiger partial charge in [-0.3, -0.25) is 4.79 Å². The largest absolute Gasteiger partial charge is 0.478 e. The third-order valence-corrected chi connectivity index (χ3v) is 3.74. The molecule has 1 amide bonds. The van der Waals surface area contributed by atoms with Crippen molar-refractivity contribution in [3.05, 3.63) is 24.0 Å². The number of halogens is 1. The summed E-state index contributed by atoms with van der Waals surface area (Å²) in [7, 11) is -3.97. The lowest BCUT2D eigenvalue weighted by Crippen LogP contribution is -2.37. The molecule has 0 radical (unpaired) electrons. The lowest BCUT2D eigenvalue weighted by molar-refractivity contribution is -0.127. The van der Waals surface area contributed by atoms with Crippen molar-refractivity contribution in [2.24, 2.45) is 5.14 Å². The van der Waals surface area contributed by atoms with Gasteiger partial charge in [0.15, 0.2) is 17.7 Å². The van der Waals surface area contributed by atoms with Crippen molar-refractivity contribution in [1.82, 2.24) is 5.32 Å². The van der Waals surface area contributed by atoms with Crippen molar-refractivity contribution in [2.45, 2.75) is 36.8 Å². The van der Waals surface area contributed by atoms with Crippen molar-refractivity contribution >= 4 is 15.9 Å². The molecular formula is C12H15FN2O4S. The van der Waals surface area contributed by atoms with Gasteiger partial charge in [0, 0.05) is 6.04 Å². The van der Waals surface area contributed by atoms with Gasteiger partial charge in [-0.25, -0.2) is 17.9 Å². The van der Waals surface area contributed by atoms with Gasteiger partial charge in [-0.1, -0.05) is 0 Å². The first-order valence-electron chi connectivity index (χ1n) is 6.07. The molecule has 0 heterocycles. The molecule has 0 bridgehead atoms. The number of carbonyl (C=O) groups is 1. The third kappa shape index (κ3) is 3.67. The Balaban J connectivity index is 2.07. The molecule has 0 aromatic heterocycles. The lowest BCUT2D eigenvalue weighted by atomic mass is 10.3. The molecule has 1 aromatic rings. The number of benzene rings is 1. The molecule has 0 spiro atoms. The molecular weight excluding hydrogens is 287 g/mol. The fraction of sp³-hybridized carbons (Fsp3) is 0.417. The Morgan fingerprint density at radius 3 is 2.65 bits per heavy atom. The van der Waals surface area contributed by atoms with Gasteiger partial charge in [0.1, 0.15) is 0 Å². The summed E-state index contributed by atoms with van der Waals surface area (Å²) in [6, 6.07) is 3.20. The van der Waals surface area contributed by atoms with Gasteiger partial charge in [-0.15, -0.1) is 0 Å². The van der Waals surface area contributed by atoms with E-state index in [1.165, 1.54) is 6.92 Å². The highest BCUT2D eigenvalue weighted by molar-refractivity contribution is 7.89. The number of rotatable bonds is 5. The summed E-state index contributed by atoms with van der Waals surface area (Å²) in [6.07, 6.45) is 1.01. The zero-order chi connectivity index (χ0) is 14.9. The average molecular weight is 302 g/mol.